The lowest BCUT2D eigenvalue weighted by Crippen LogP contribution is -2.46. The molecule has 102 valence electrons. The number of hydrogen-bond donors (Lipinski definition) is 2. The number of carboxylic acid groups (broad SMARTS) is 1. The molecule has 2 aliphatic heterocycles. The lowest BCUT2D eigenvalue weighted by atomic mass is 10.1. The Labute approximate surface area is 115 Å². The van der Waals surface area contributed by atoms with E-state index in [0.29, 0.717) is 13.0 Å². The van der Waals surface area contributed by atoms with Crippen molar-refractivity contribution >= 4 is 17.8 Å². The molecule has 3 rings (SSSR count). The molecule has 2 amide bonds. The predicted molar refractivity (Wildman–Crippen MR) is 72.3 cm³/mol. The number of fused-ring (bicyclic) bond motifs is 1. The summed E-state index contributed by atoms with van der Waals surface area (Å²) in [5.74, 6) is -0.837. The van der Waals surface area contributed by atoms with Gasteiger partial charge in [0, 0.05) is 6.20 Å². The van der Waals surface area contributed by atoms with Crippen molar-refractivity contribution < 1.29 is 14.7 Å². The summed E-state index contributed by atoms with van der Waals surface area (Å²) in [6, 6.07) is 9.37. The van der Waals surface area contributed by atoms with Crippen LogP contribution in [-0.4, -0.2) is 40.4 Å². The van der Waals surface area contributed by atoms with Crippen LogP contribution >= 0.6 is 0 Å². The van der Waals surface area contributed by atoms with Gasteiger partial charge in [-0.3, -0.25) is 9.89 Å². The molecular weight excluding hydrogens is 258 g/mol. The Morgan fingerprint density at radius 3 is 2.85 bits per heavy atom. The van der Waals surface area contributed by atoms with Crippen molar-refractivity contribution in [3.8, 4) is 0 Å². The Bertz CT molecular complexity index is 622. The molecule has 0 fully saturated rings. The number of aliphatic imine (C=N–C) groups is 1. The van der Waals surface area contributed by atoms with Crippen LogP contribution in [0.1, 0.15) is 5.56 Å². The standard InChI is InChI=1S/C14H13N3O3/c18-13(19)11-7-15-14(20)17-8-10(16-12(11)17)6-9-4-2-1-3-5-9/h1-5,7,10H,6,8H2,(H,15,20)(H,18,19)/t10-/m0/s1. The molecule has 0 spiro atoms. The Kier molecular flexibility index (Phi) is 2.98. The van der Waals surface area contributed by atoms with E-state index in [1.807, 2.05) is 30.3 Å². The van der Waals surface area contributed by atoms with Gasteiger partial charge in [-0.05, 0) is 12.0 Å². The Balaban J connectivity index is 1.84. The van der Waals surface area contributed by atoms with E-state index in [-0.39, 0.29) is 23.5 Å². The van der Waals surface area contributed by atoms with E-state index in [2.05, 4.69) is 10.3 Å². The van der Waals surface area contributed by atoms with Gasteiger partial charge >= 0.3 is 12.0 Å². The molecule has 0 radical (unpaired) electrons. The van der Waals surface area contributed by atoms with Crippen LogP contribution in [0.5, 0.6) is 0 Å². The highest BCUT2D eigenvalue weighted by Gasteiger charge is 2.36. The highest BCUT2D eigenvalue weighted by molar-refractivity contribution is 6.24. The number of nitrogens with one attached hydrogen (secondary N) is 1. The van der Waals surface area contributed by atoms with Crippen molar-refractivity contribution in [2.75, 3.05) is 6.54 Å². The van der Waals surface area contributed by atoms with Gasteiger partial charge in [0.15, 0.2) is 0 Å². The summed E-state index contributed by atoms with van der Waals surface area (Å²) in [5, 5.41) is 11.6. The van der Waals surface area contributed by atoms with E-state index in [0.717, 1.165) is 5.56 Å². The summed E-state index contributed by atoms with van der Waals surface area (Å²) in [5.41, 5.74) is 1.14. The van der Waals surface area contributed by atoms with Gasteiger partial charge in [-0.15, -0.1) is 0 Å². The number of carbonyl (C=O) groups excluding carboxylic acids is 1. The monoisotopic (exact) mass is 271 g/mol. The summed E-state index contributed by atoms with van der Waals surface area (Å²) in [6.07, 6.45) is 1.88. The first kappa shape index (κ1) is 12.4. The van der Waals surface area contributed by atoms with E-state index in [1.165, 1.54) is 11.1 Å². The number of aliphatic carboxylic acids is 1. The van der Waals surface area contributed by atoms with Gasteiger partial charge in [0.25, 0.3) is 0 Å². The van der Waals surface area contributed by atoms with Crippen LogP contribution in [0.4, 0.5) is 4.79 Å². The molecule has 6 nitrogen and oxygen atoms in total. The third-order valence-electron chi connectivity index (χ3n) is 3.32. The normalized spacial score (nSPS) is 20.9. The van der Waals surface area contributed by atoms with Gasteiger partial charge in [0.05, 0.1) is 12.6 Å². The smallest absolute Gasteiger partial charge is 0.340 e. The lowest BCUT2D eigenvalue weighted by Gasteiger charge is -2.22. The van der Waals surface area contributed by atoms with Crippen LogP contribution in [0.15, 0.2) is 47.1 Å². The fraction of sp³-hybridized carbons (Fsp3) is 0.214. The fourth-order valence-electron chi connectivity index (χ4n) is 2.40. The summed E-state index contributed by atoms with van der Waals surface area (Å²) < 4.78 is 0. The molecule has 0 saturated carbocycles. The quantitative estimate of drug-likeness (QED) is 0.860. The van der Waals surface area contributed by atoms with Crippen LogP contribution < -0.4 is 5.32 Å². The van der Waals surface area contributed by atoms with Gasteiger partial charge in [-0.25, -0.2) is 9.59 Å². The van der Waals surface area contributed by atoms with Crippen molar-refractivity contribution in [2.24, 2.45) is 4.99 Å². The molecule has 1 aromatic carbocycles. The average molecular weight is 271 g/mol. The largest absolute Gasteiger partial charge is 0.478 e. The molecule has 0 aliphatic carbocycles. The number of benzene rings is 1. The number of carboxylic acids is 1. The molecule has 6 heteroatoms. The molecule has 1 aromatic rings. The third kappa shape index (κ3) is 2.16. The van der Waals surface area contributed by atoms with Crippen molar-refractivity contribution in [1.29, 1.82) is 0 Å². The predicted octanol–water partition coefficient (Wildman–Crippen LogP) is 1.00. The van der Waals surface area contributed by atoms with Crippen molar-refractivity contribution in [1.82, 2.24) is 10.2 Å². The van der Waals surface area contributed by atoms with Gasteiger partial charge < -0.3 is 10.4 Å². The lowest BCUT2D eigenvalue weighted by molar-refractivity contribution is -0.132. The number of rotatable bonds is 3. The number of amides is 2. The van der Waals surface area contributed by atoms with E-state index in [4.69, 9.17) is 5.11 Å². The number of carbonyl (C=O) groups is 2. The Morgan fingerprint density at radius 1 is 1.40 bits per heavy atom. The maximum Gasteiger partial charge on any atom is 0.340 e. The van der Waals surface area contributed by atoms with Crippen LogP contribution in [0.2, 0.25) is 0 Å². The SMILES string of the molecule is O=C(O)C1=CNC(=O)N2C[C@H](Cc3ccccc3)N=C12. The summed E-state index contributed by atoms with van der Waals surface area (Å²) in [6.45, 7) is 0.403. The van der Waals surface area contributed by atoms with Gasteiger partial charge in [0.1, 0.15) is 11.4 Å². The molecule has 2 aliphatic rings. The fourth-order valence-corrected chi connectivity index (χ4v) is 2.40. The first-order chi connectivity index (χ1) is 9.65. The Morgan fingerprint density at radius 2 is 2.15 bits per heavy atom. The van der Waals surface area contributed by atoms with E-state index in [1.54, 1.807) is 0 Å². The molecule has 2 N–H and O–H groups in total. The minimum Gasteiger partial charge on any atom is -0.478 e. The number of amidine groups is 1. The topological polar surface area (TPSA) is 82.0 Å². The maximum atomic E-state index is 11.7. The zero-order valence-corrected chi connectivity index (χ0v) is 10.6. The van der Waals surface area contributed by atoms with E-state index < -0.39 is 5.97 Å². The highest BCUT2D eigenvalue weighted by atomic mass is 16.4. The second-order valence-corrected chi connectivity index (χ2v) is 4.72. The van der Waals surface area contributed by atoms with Crippen LogP contribution in [0, 0.1) is 0 Å². The number of urea groups is 1. The molecule has 20 heavy (non-hydrogen) atoms. The molecule has 0 unspecified atom stereocenters. The zero-order valence-electron chi connectivity index (χ0n) is 10.6. The second kappa shape index (κ2) is 4.80. The first-order valence-corrected chi connectivity index (χ1v) is 6.29. The summed E-state index contributed by atoms with van der Waals surface area (Å²) in [7, 11) is 0. The molecule has 2 heterocycles. The first-order valence-electron chi connectivity index (χ1n) is 6.29. The average Bonchev–Trinajstić information content (AvgIpc) is 2.84. The van der Waals surface area contributed by atoms with Gasteiger partial charge in [0.2, 0.25) is 0 Å². The van der Waals surface area contributed by atoms with Crippen molar-refractivity contribution in [3.63, 3.8) is 0 Å². The summed E-state index contributed by atoms with van der Waals surface area (Å²) >= 11 is 0. The van der Waals surface area contributed by atoms with Crippen LogP contribution in [0.3, 0.4) is 0 Å². The van der Waals surface area contributed by atoms with Crippen molar-refractivity contribution in [3.05, 3.63) is 47.7 Å². The maximum absolute atomic E-state index is 11.7. The molecule has 0 bridgehead atoms. The van der Waals surface area contributed by atoms with Crippen LogP contribution in [0.25, 0.3) is 0 Å². The van der Waals surface area contributed by atoms with Crippen molar-refractivity contribution in [2.45, 2.75) is 12.5 Å². The Hall–Kier alpha value is -2.63. The van der Waals surface area contributed by atoms with E-state index >= 15 is 0 Å². The summed E-state index contributed by atoms with van der Waals surface area (Å²) in [4.78, 5) is 28.7. The molecule has 0 saturated heterocycles. The second-order valence-electron chi connectivity index (χ2n) is 4.72. The molecular formula is C14H13N3O3. The minimum absolute atomic E-state index is 0.0279. The van der Waals surface area contributed by atoms with Gasteiger partial charge in [-0.1, -0.05) is 30.3 Å². The van der Waals surface area contributed by atoms with E-state index in [9.17, 15) is 9.59 Å². The van der Waals surface area contributed by atoms with Gasteiger partial charge in [-0.2, -0.15) is 0 Å². The zero-order chi connectivity index (χ0) is 14.1. The minimum atomic E-state index is -1.09. The number of nitrogens with zero attached hydrogens (tertiary/aromatic N) is 2. The molecule has 1 atom stereocenters. The number of hydrogen-bond acceptors (Lipinski definition) is 3. The third-order valence-corrected chi connectivity index (χ3v) is 3.32. The highest BCUT2D eigenvalue weighted by Crippen LogP contribution is 2.20. The van der Waals surface area contributed by atoms with Crippen LogP contribution in [-0.2, 0) is 11.2 Å². The molecule has 0 aromatic heterocycles.